The van der Waals surface area contributed by atoms with Gasteiger partial charge in [-0.2, -0.15) is 0 Å². The molecular weight excluding hydrogens is 390 g/mol. The molecule has 2 N–H and O–H groups in total. The highest BCUT2D eigenvalue weighted by Gasteiger charge is 2.22. The zero-order valence-electron chi connectivity index (χ0n) is 19.3. The number of hydrogen-bond donors (Lipinski definition) is 2. The van der Waals surface area contributed by atoms with Crippen LogP contribution in [0.1, 0.15) is 37.0 Å². The lowest BCUT2D eigenvalue weighted by molar-refractivity contribution is 0.140. The zero-order chi connectivity index (χ0) is 22.3. The summed E-state index contributed by atoms with van der Waals surface area (Å²) in [5.74, 6) is 2.54. The van der Waals surface area contributed by atoms with Gasteiger partial charge in [0.25, 0.3) is 0 Å². The Morgan fingerprint density at radius 1 is 1.16 bits per heavy atom. The molecule has 31 heavy (non-hydrogen) atoms. The zero-order valence-corrected chi connectivity index (χ0v) is 19.3. The summed E-state index contributed by atoms with van der Waals surface area (Å²) in [6, 6.07) is 14.5. The highest BCUT2D eigenvalue weighted by Crippen LogP contribution is 2.25. The fourth-order valence-electron chi connectivity index (χ4n) is 3.55. The van der Waals surface area contributed by atoms with Gasteiger partial charge in [0.2, 0.25) is 0 Å². The van der Waals surface area contributed by atoms with Crippen LogP contribution in [0.4, 0.5) is 0 Å². The van der Waals surface area contributed by atoms with Gasteiger partial charge in [-0.05, 0) is 36.2 Å². The van der Waals surface area contributed by atoms with Gasteiger partial charge in [0, 0.05) is 37.5 Å². The molecule has 0 bridgehead atoms. The summed E-state index contributed by atoms with van der Waals surface area (Å²) in [5.41, 5.74) is 3.46. The van der Waals surface area contributed by atoms with Crippen molar-refractivity contribution in [2.75, 3.05) is 33.9 Å². The Morgan fingerprint density at radius 3 is 2.58 bits per heavy atom. The van der Waals surface area contributed by atoms with Gasteiger partial charge in [-0.25, -0.2) is 0 Å². The summed E-state index contributed by atoms with van der Waals surface area (Å²) >= 11 is 0. The maximum absolute atomic E-state index is 6.21. The molecule has 1 saturated heterocycles. The molecule has 1 fully saturated rings. The van der Waals surface area contributed by atoms with Crippen molar-refractivity contribution in [3.63, 3.8) is 0 Å². The van der Waals surface area contributed by atoms with Crippen molar-refractivity contribution in [2.45, 2.75) is 45.3 Å². The standard InChI is InChI=1S/C25H35N3O3/c1-18-6-7-19(23(14-18)31-22-12-13-30-16-22)15-27-24(26-4)28-17-25(2,3)20-8-10-21(29-5)11-9-20/h6-11,14,22H,12-13,15-17H2,1-5H3,(H2,26,27,28). The van der Waals surface area contributed by atoms with Crippen LogP contribution in [-0.2, 0) is 16.7 Å². The molecule has 0 radical (unpaired) electrons. The largest absolute Gasteiger partial charge is 0.497 e. The van der Waals surface area contributed by atoms with E-state index in [-0.39, 0.29) is 11.5 Å². The summed E-state index contributed by atoms with van der Waals surface area (Å²) in [6.07, 6.45) is 1.06. The maximum atomic E-state index is 6.21. The molecule has 1 aliphatic heterocycles. The summed E-state index contributed by atoms with van der Waals surface area (Å²) in [4.78, 5) is 4.39. The Kier molecular flexibility index (Phi) is 7.80. The second kappa shape index (κ2) is 10.5. The average molecular weight is 426 g/mol. The summed E-state index contributed by atoms with van der Waals surface area (Å²) in [7, 11) is 3.47. The van der Waals surface area contributed by atoms with Crippen LogP contribution in [0.15, 0.2) is 47.5 Å². The molecule has 0 aliphatic carbocycles. The molecule has 6 heteroatoms. The number of ether oxygens (including phenoxy) is 3. The maximum Gasteiger partial charge on any atom is 0.191 e. The molecule has 1 aliphatic rings. The molecule has 0 aromatic heterocycles. The van der Waals surface area contributed by atoms with Gasteiger partial charge < -0.3 is 24.8 Å². The van der Waals surface area contributed by atoms with Crippen molar-refractivity contribution in [1.29, 1.82) is 0 Å². The van der Waals surface area contributed by atoms with Gasteiger partial charge in [0.1, 0.15) is 17.6 Å². The number of rotatable bonds is 8. The molecule has 1 atom stereocenters. The van der Waals surface area contributed by atoms with E-state index < -0.39 is 0 Å². The minimum atomic E-state index is -0.0650. The summed E-state index contributed by atoms with van der Waals surface area (Å²) in [6.45, 7) is 9.31. The van der Waals surface area contributed by atoms with Gasteiger partial charge in [0.05, 0.1) is 20.3 Å². The molecular formula is C25H35N3O3. The third kappa shape index (κ3) is 6.37. The Labute approximate surface area is 186 Å². The van der Waals surface area contributed by atoms with Crippen LogP contribution >= 0.6 is 0 Å². The van der Waals surface area contributed by atoms with Crippen LogP contribution in [0.3, 0.4) is 0 Å². The van der Waals surface area contributed by atoms with Crippen LogP contribution < -0.4 is 20.1 Å². The van der Waals surface area contributed by atoms with Gasteiger partial charge in [-0.3, -0.25) is 4.99 Å². The van der Waals surface area contributed by atoms with Crippen LogP contribution in [0, 0.1) is 6.92 Å². The van der Waals surface area contributed by atoms with Crippen LogP contribution in [0.5, 0.6) is 11.5 Å². The lowest BCUT2D eigenvalue weighted by Crippen LogP contribution is -2.43. The van der Waals surface area contributed by atoms with E-state index in [1.807, 2.05) is 12.1 Å². The van der Waals surface area contributed by atoms with Gasteiger partial charge in [-0.1, -0.05) is 38.1 Å². The van der Waals surface area contributed by atoms with Gasteiger partial charge in [0.15, 0.2) is 5.96 Å². The molecule has 0 spiro atoms. The molecule has 0 amide bonds. The molecule has 3 rings (SSSR count). The van der Waals surface area contributed by atoms with Crippen LogP contribution in [0.25, 0.3) is 0 Å². The Morgan fingerprint density at radius 2 is 1.94 bits per heavy atom. The van der Waals surface area contributed by atoms with E-state index in [4.69, 9.17) is 14.2 Å². The number of guanidine groups is 1. The number of nitrogens with one attached hydrogen (secondary N) is 2. The smallest absolute Gasteiger partial charge is 0.191 e. The first kappa shape index (κ1) is 22.9. The van der Waals surface area contributed by atoms with E-state index in [1.54, 1.807) is 14.2 Å². The van der Waals surface area contributed by atoms with E-state index >= 15 is 0 Å². The third-order valence-electron chi connectivity index (χ3n) is 5.64. The minimum absolute atomic E-state index is 0.0650. The van der Waals surface area contributed by atoms with Crippen molar-refractivity contribution < 1.29 is 14.2 Å². The van der Waals surface area contributed by atoms with E-state index in [0.29, 0.717) is 13.2 Å². The number of aryl methyl sites for hydroxylation is 1. The number of benzene rings is 2. The SMILES string of the molecule is CN=C(NCc1ccc(C)cc1OC1CCOC1)NCC(C)(C)c1ccc(OC)cc1. The van der Waals surface area contributed by atoms with Crippen LogP contribution in [0.2, 0.25) is 0 Å². The Hall–Kier alpha value is -2.73. The third-order valence-corrected chi connectivity index (χ3v) is 5.64. The molecule has 1 unspecified atom stereocenters. The first-order valence-corrected chi connectivity index (χ1v) is 10.8. The van der Waals surface area contributed by atoms with Crippen molar-refractivity contribution in [3.8, 4) is 11.5 Å². The van der Waals surface area contributed by atoms with E-state index in [1.165, 1.54) is 11.1 Å². The molecule has 0 saturated carbocycles. The Bertz CT molecular complexity index is 872. The molecule has 6 nitrogen and oxygen atoms in total. The van der Waals surface area contributed by atoms with E-state index in [2.05, 4.69) is 66.7 Å². The highest BCUT2D eigenvalue weighted by atomic mass is 16.5. The molecule has 1 heterocycles. The first-order chi connectivity index (χ1) is 14.9. The minimum Gasteiger partial charge on any atom is -0.497 e. The van der Waals surface area contributed by atoms with Crippen molar-refractivity contribution in [2.24, 2.45) is 4.99 Å². The monoisotopic (exact) mass is 425 g/mol. The molecule has 2 aromatic rings. The van der Waals surface area contributed by atoms with Gasteiger partial charge >= 0.3 is 0 Å². The topological polar surface area (TPSA) is 64.1 Å². The summed E-state index contributed by atoms with van der Waals surface area (Å²) in [5, 5.41) is 6.88. The van der Waals surface area contributed by atoms with Crippen molar-refractivity contribution in [1.82, 2.24) is 10.6 Å². The normalized spacial score (nSPS) is 16.8. The number of hydrogen-bond acceptors (Lipinski definition) is 4. The summed E-state index contributed by atoms with van der Waals surface area (Å²) < 4.78 is 16.9. The van der Waals surface area contributed by atoms with E-state index in [9.17, 15) is 0 Å². The fraction of sp³-hybridized carbons (Fsp3) is 0.480. The Balaban J connectivity index is 1.59. The van der Waals surface area contributed by atoms with E-state index in [0.717, 1.165) is 42.6 Å². The van der Waals surface area contributed by atoms with Crippen molar-refractivity contribution in [3.05, 3.63) is 59.2 Å². The van der Waals surface area contributed by atoms with Crippen LogP contribution in [-0.4, -0.2) is 46.0 Å². The number of methoxy groups -OCH3 is 1. The lowest BCUT2D eigenvalue weighted by atomic mass is 9.84. The second-order valence-corrected chi connectivity index (χ2v) is 8.61. The lowest BCUT2D eigenvalue weighted by Gasteiger charge is -2.27. The fourth-order valence-corrected chi connectivity index (χ4v) is 3.55. The number of nitrogens with zero attached hydrogens (tertiary/aromatic N) is 1. The van der Waals surface area contributed by atoms with Crippen molar-refractivity contribution >= 4 is 5.96 Å². The first-order valence-electron chi connectivity index (χ1n) is 10.8. The highest BCUT2D eigenvalue weighted by molar-refractivity contribution is 5.79. The molecule has 2 aromatic carbocycles. The number of aliphatic imine (C=N–C) groups is 1. The average Bonchev–Trinajstić information content (AvgIpc) is 3.28. The predicted octanol–water partition coefficient (Wildman–Crippen LogP) is 3.81. The van der Waals surface area contributed by atoms with Gasteiger partial charge in [-0.15, -0.1) is 0 Å². The molecule has 168 valence electrons. The second-order valence-electron chi connectivity index (χ2n) is 8.61. The predicted molar refractivity (Wildman–Crippen MR) is 125 cm³/mol. The quantitative estimate of drug-likeness (QED) is 0.497.